The first-order valence-electron chi connectivity index (χ1n) is 4.95. The summed E-state index contributed by atoms with van der Waals surface area (Å²) < 4.78 is 14.6. The maximum atomic E-state index is 11.1. The van der Waals surface area contributed by atoms with Crippen molar-refractivity contribution in [3.05, 3.63) is 17.8 Å². The molecule has 1 N–H and O–H groups in total. The van der Waals surface area contributed by atoms with Crippen LogP contribution < -0.4 is 9.47 Å². The Morgan fingerprint density at radius 2 is 2.12 bits per heavy atom. The zero-order valence-corrected chi connectivity index (χ0v) is 9.97. The number of pyridine rings is 1. The summed E-state index contributed by atoms with van der Waals surface area (Å²) >= 11 is 0. The van der Waals surface area contributed by atoms with Crippen LogP contribution in [0, 0.1) is 0 Å². The Kier molecular flexibility index (Phi) is 4.71. The third-order valence-electron chi connectivity index (χ3n) is 2.25. The van der Waals surface area contributed by atoms with E-state index in [2.05, 4.69) is 9.72 Å². The van der Waals surface area contributed by atoms with Crippen LogP contribution in [0.3, 0.4) is 0 Å². The van der Waals surface area contributed by atoms with E-state index in [1.54, 1.807) is 6.07 Å². The molecule has 0 aliphatic rings. The molecule has 0 aliphatic carbocycles. The van der Waals surface area contributed by atoms with Gasteiger partial charge < -0.3 is 19.3 Å². The van der Waals surface area contributed by atoms with E-state index in [4.69, 9.17) is 9.47 Å². The number of carbonyl (C=O) groups is 1. The summed E-state index contributed by atoms with van der Waals surface area (Å²) in [4.78, 5) is 15.1. The number of aliphatic hydroxyl groups excluding tert-OH is 1. The number of hydrogen-bond acceptors (Lipinski definition) is 6. The lowest BCUT2D eigenvalue weighted by molar-refractivity contribution is -0.142. The topological polar surface area (TPSA) is 77.9 Å². The fraction of sp³-hybridized carbons (Fsp3) is 0.455. The first-order chi connectivity index (χ1) is 8.13. The summed E-state index contributed by atoms with van der Waals surface area (Å²) in [6.45, 7) is 0. The number of rotatable bonds is 5. The number of aromatic nitrogens is 1. The van der Waals surface area contributed by atoms with Crippen molar-refractivity contribution in [1.82, 2.24) is 4.98 Å². The molecular weight excluding hydrogens is 226 g/mol. The van der Waals surface area contributed by atoms with Crippen molar-refractivity contribution in [2.75, 3.05) is 21.3 Å². The summed E-state index contributed by atoms with van der Waals surface area (Å²) in [6, 6.07) is 1.58. The number of aliphatic hydroxyl groups is 1. The van der Waals surface area contributed by atoms with Gasteiger partial charge in [-0.05, 0) is 6.07 Å². The molecule has 1 rings (SSSR count). The Hall–Kier alpha value is -1.82. The molecule has 1 aromatic rings. The Morgan fingerprint density at radius 1 is 1.41 bits per heavy atom. The summed E-state index contributed by atoms with van der Waals surface area (Å²) in [7, 11) is 4.14. The van der Waals surface area contributed by atoms with Crippen LogP contribution >= 0.6 is 0 Å². The van der Waals surface area contributed by atoms with Crippen LogP contribution in [-0.4, -0.2) is 37.4 Å². The summed E-state index contributed by atoms with van der Waals surface area (Å²) in [6.07, 6.45) is 0.224. The highest BCUT2D eigenvalue weighted by Gasteiger charge is 2.22. The van der Waals surface area contributed by atoms with Gasteiger partial charge in [-0.2, -0.15) is 0 Å². The average molecular weight is 241 g/mol. The molecule has 1 atom stereocenters. The predicted molar refractivity (Wildman–Crippen MR) is 58.9 cm³/mol. The minimum Gasteiger partial charge on any atom is -0.496 e. The standard InChI is InChI=1S/C11H15NO5/c1-15-8-4-5-12-11(17-3)10(8)7(13)6-9(14)16-2/h4-5,7,13H,6H2,1-3H3/t7-/m1/s1. The smallest absolute Gasteiger partial charge is 0.308 e. The second-order valence-electron chi connectivity index (χ2n) is 3.23. The third kappa shape index (κ3) is 3.07. The van der Waals surface area contributed by atoms with Gasteiger partial charge in [0, 0.05) is 6.20 Å². The van der Waals surface area contributed by atoms with E-state index < -0.39 is 12.1 Å². The number of ether oxygens (including phenoxy) is 3. The van der Waals surface area contributed by atoms with Crippen LogP contribution in [0.2, 0.25) is 0 Å². The SMILES string of the molecule is COC(=O)C[C@@H](O)c1c(OC)ccnc1OC. The predicted octanol–water partition coefficient (Wildman–Crippen LogP) is 0.695. The monoisotopic (exact) mass is 241 g/mol. The Balaban J connectivity index is 3.04. The maximum Gasteiger partial charge on any atom is 0.308 e. The Labute approximate surface area is 99.1 Å². The number of nitrogens with zero attached hydrogens (tertiary/aromatic N) is 1. The van der Waals surface area contributed by atoms with Gasteiger partial charge in [-0.15, -0.1) is 0 Å². The van der Waals surface area contributed by atoms with E-state index in [0.29, 0.717) is 11.3 Å². The molecule has 94 valence electrons. The molecule has 1 aromatic heterocycles. The lowest BCUT2D eigenvalue weighted by Crippen LogP contribution is -2.11. The van der Waals surface area contributed by atoms with Gasteiger partial charge in [-0.3, -0.25) is 4.79 Å². The quantitative estimate of drug-likeness (QED) is 0.764. The molecule has 0 saturated heterocycles. The van der Waals surface area contributed by atoms with Crippen molar-refractivity contribution in [1.29, 1.82) is 0 Å². The largest absolute Gasteiger partial charge is 0.496 e. The summed E-state index contributed by atoms with van der Waals surface area (Å²) in [5.41, 5.74) is 0.336. The minimum absolute atomic E-state index is 0.186. The summed E-state index contributed by atoms with van der Waals surface area (Å²) in [5.74, 6) is 0.111. The average Bonchev–Trinajstić information content (AvgIpc) is 2.37. The molecule has 0 spiro atoms. The molecule has 0 radical (unpaired) electrons. The molecule has 1 heterocycles. The van der Waals surface area contributed by atoms with Crippen LogP contribution in [0.4, 0.5) is 0 Å². The van der Waals surface area contributed by atoms with Crippen molar-refractivity contribution < 1.29 is 24.1 Å². The van der Waals surface area contributed by atoms with Crippen LogP contribution in [0.25, 0.3) is 0 Å². The molecule has 0 fully saturated rings. The van der Waals surface area contributed by atoms with Crippen molar-refractivity contribution in [3.63, 3.8) is 0 Å². The van der Waals surface area contributed by atoms with E-state index in [1.165, 1.54) is 27.5 Å². The van der Waals surface area contributed by atoms with Crippen molar-refractivity contribution >= 4 is 5.97 Å². The Bertz CT molecular complexity index is 371. The van der Waals surface area contributed by atoms with E-state index in [0.717, 1.165) is 0 Å². The highest BCUT2D eigenvalue weighted by atomic mass is 16.5. The Morgan fingerprint density at radius 3 is 2.65 bits per heavy atom. The van der Waals surface area contributed by atoms with Gasteiger partial charge >= 0.3 is 5.97 Å². The second-order valence-corrected chi connectivity index (χ2v) is 3.23. The van der Waals surface area contributed by atoms with Gasteiger partial charge in [0.2, 0.25) is 5.88 Å². The first-order valence-corrected chi connectivity index (χ1v) is 4.95. The molecule has 0 bridgehead atoms. The number of hydrogen-bond donors (Lipinski definition) is 1. The zero-order valence-electron chi connectivity index (χ0n) is 9.97. The van der Waals surface area contributed by atoms with Gasteiger partial charge in [0.1, 0.15) is 5.75 Å². The van der Waals surface area contributed by atoms with Crippen molar-refractivity contribution in [3.8, 4) is 11.6 Å². The molecule has 0 saturated carbocycles. The second kappa shape index (κ2) is 6.05. The number of methoxy groups -OCH3 is 3. The minimum atomic E-state index is -1.08. The van der Waals surface area contributed by atoms with E-state index in [-0.39, 0.29) is 12.3 Å². The molecule has 6 nitrogen and oxygen atoms in total. The first kappa shape index (κ1) is 13.2. The molecule has 0 aliphatic heterocycles. The summed E-state index contributed by atoms with van der Waals surface area (Å²) in [5, 5.41) is 9.95. The fourth-order valence-electron chi connectivity index (χ4n) is 1.43. The van der Waals surface area contributed by atoms with Crippen molar-refractivity contribution in [2.24, 2.45) is 0 Å². The van der Waals surface area contributed by atoms with Gasteiger partial charge in [0.05, 0.1) is 39.4 Å². The molecule has 0 amide bonds. The lowest BCUT2D eigenvalue weighted by Gasteiger charge is -2.16. The highest BCUT2D eigenvalue weighted by molar-refractivity contribution is 5.70. The van der Waals surface area contributed by atoms with Gasteiger partial charge in [0.25, 0.3) is 0 Å². The third-order valence-corrected chi connectivity index (χ3v) is 2.25. The normalized spacial score (nSPS) is 11.8. The van der Waals surface area contributed by atoms with Crippen LogP contribution in [0.1, 0.15) is 18.1 Å². The number of carbonyl (C=O) groups excluding carboxylic acids is 1. The van der Waals surface area contributed by atoms with E-state index in [1.807, 2.05) is 0 Å². The van der Waals surface area contributed by atoms with Crippen LogP contribution in [-0.2, 0) is 9.53 Å². The van der Waals surface area contributed by atoms with Crippen LogP contribution in [0.5, 0.6) is 11.6 Å². The molecule has 0 aromatic carbocycles. The molecule has 6 heteroatoms. The van der Waals surface area contributed by atoms with E-state index >= 15 is 0 Å². The zero-order chi connectivity index (χ0) is 12.8. The van der Waals surface area contributed by atoms with Crippen molar-refractivity contribution in [2.45, 2.75) is 12.5 Å². The lowest BCUT2D eigenvalue weighted by atomic mass is 10.1. The highest BCUT2D eigenvalue weighted by Crippen LogP contribution is 2.33. The molecule has 0 unspecified atom stereocenters. The molecular formula is C11H15NO5. The van der Waals surface area contributed by atoms with Gasteiger partial charge in [-0.25, -0.2) is 4.98 Å². The fourth-order valence-corrected chi connectivity index (χ4v) is 1.43. The number of esters is 1. The van der Waals surface area contributed by atoms with E-state index in [9.17, 15) is 9.90 Å². The van der Waals surface area contributed by atoms with Gasteiger partial charge in [-0.1, -0.05) is 0 Å². The maximum absolute atomic E-state index is 11.1. The van der Waals surface area contributed by atoms with Gasteiger partial charge in [0.15, 0.2) is 0 Å². The van der Waals surface area contributed by atoms with Crippen LogP contribution in [0.15, 0.2) is 12.3 Å². The molecule has 17 heavy (non-hydrogen) atoms.